The molecule has 0 fully saturated rings. The quantitative estimate of drug-likeness (QED) is 0.186. The normalized spacial score (nSPS) is 11.6. The zero-order valence-electron chi connectivity index (χ0n) is 25.1. The van der Waals surface area contributed by atoms with E-state index in [1.165, 1.54) is 16.3 Å². The number of aromatic nitrogens is 1. The summed E-state index contributed by atoms with van der Waals surface area (Å²) in [4.78, 5) is 2.29. The van der Waals surface area contributed by atoms with E-state index in [9.17, 15) is 0 Å². The molecule has 0 spiro atoms. The van der Waals surface area contributed by atoms with Crippen molar-refractivity contribution in [1.82, 2.24) is 4.57 Å². The van der Waals surface area contributed by atoms with Crippen LogP contribution in [0.2, 0.25) is 10.0 Å². The maximum absolute atomic E-state index is 6.46. The van der Waals surface area contributed by atoms with Crippen LogP contribution >= 0.6 is 23.2 Å². The summed E-state index contributed by atoms with van der Waals surface area (Å²) in [6.45, 7) is 0. The Kier molecular flexibility index (Phi) is 6.56. The molecule has 7 aromatic carbocycles. The Hall–Kier alpha value is -5.48. The van der Waals surface area contributed by atoms with Crippen LogP contribution in [0.3, 0.4) is 0 Å². The molecule has 0 amide bonds. The molecule has 0 saturated heterocycles. The number of para-hydroxylation sites is 3. The maximum atomic E-state index is 6.46. The van der Waals surface area contributed by atoms with Crippen LogP contribution < -0.4 is 4.90 Å². The van der Waals surface area contributed by atoms with Crippen LogP contribution in [0.15, 0.2) is 162 Å². The second kappa shape index (κ2) is 11.1. The molecule has 3 nitrogen and oxygen atoms in total. The Balaban J connectivity index is 1.22. The number of nitrogens with zero attached hydrogens (tertiary/aromatic N) is 2. The third-order valence-corrected chi connectivity index (χ3v) is 9.29. The molecular weight excluding hydrogens is 619 g/mol. The second-order valence-corrected chi connectivity index (χ2v) is 12.6. The van der Waals surface area contributed by atoms with Gasteiger partial charge >= 0.3 is 0 Å². The number of hydrogen-bond acceptors (Lipinski definition) is 2. The number of benzene rings is 7. The standard InChI is InChI=1S/C42H26Cl2N2O/c43-29-21-28(22-30(44)24-29)27-15-20-41-38(23-27)37-19-17-34(26-42(37)47-41)45(31-9-3-1-4-10-31)33-16-18-36-35-13-7-8-14-39(35)46(40(36)25-33)32-11-5-2-6-12-32/h1-26H. The van der Waals surface area contributed by atoms with Crippen LogP contribution in [0, 0.1) is 0 Å². The highest BCUT2D eigenvalue weighted by Gasteiger charge is 2.19. The maximum Gasteiger partial charge on any atom is 0.137 e. The number of rotatable bonds is 5. The molecule has 47 heavy (non-hydrogen) atoms. The predicted octanol–water partition coefficient (Wildman–Crippen LogP) is 13.1. The molecule has 5 heteroatoms. The van der Waals surface area contributed by atoms with E-state index in [0.717, 1.165) is 61.3 Å². The monoisotopic (exact) mass is 644 g/mol. The Morgan fingerprint density at radius 2 is 1.09 bits per heavy atom. The number of hydrogen-bond donors (Lipinski definition) is 0. The second-order valence-electron chi connectivity index (χ2n) is 11.7. The lowest BCUT2D eigenvalue weighted by atomic mass is 10.0. The molecule has 2 heterocycles. The van der Waals surface area contributed by atoms with Crippen LogP contribution in [-0.2, 0) is 0 Å². The first-order valence-corrected chi connectivity index (χ1v) is 16.2. The number of halogens is 2. The molecule has 0 saturated carbocycles. The van der Waals surface area contributed by atoms with Crippen molar-refractivity contribution >= 4 is 84.0 Å². The van der Waals surface area contributed by atoms with Crippen LogP contribution in [0.25, 0.3) is 60.6 Å². The highest BCUT2D eigenvalue weighted by Crippen LogP contribution is 2.42. The van der Waals surface area contributed by atoms with Crippen molar-refractivity contribution in [1.29, 1.82) is 0 Å². The Morgan fingerprint density at radius 1 is 0.426 bits per heavy atom. The number of furan rings is 1. The molecule has 0 radical (unpaired) electrons. The highest BCUT2D eigenvalue weighted by molar-refractivity contribution is 6.35. The van der Waals surface area contributed by atoms with Crippen molar-refractivity contribution in [3.05, 3.63) is 168 Å². The summed E-state index contributed by atoms with van der Waals surface area (Å²) < 4.78 is 8.81. The molecule has 0 aliphatic heterocycles. The van der Waals surface area contributed by atoms with Crippen molar-refractivity contribution in [2.24, 2.45) is 0 Å². The Bertz CT molecular complexity index is 2580. The van der Waals surface area contributed by atoms with Crippen molar-refractivity contribution in [3.63, 3.8) is 0 Å². The molecule has 224 valence electrons. The van der Waals surface area contributed by atoms with Gasteiger partial charge in [0, 0.05) is 60.4 Å². The third-order valence-electron chi connectivity index (χ3n) is 8.85. The van der Waals surface area contributed by atoms with Crippen molar-refractivity contribution in [2.45, 2.75) is 0 Å². The predicted molar refractivity (Wildman–Crippen MR) is 198 cm³/mol. The average molecular weight is 646 g/mol. The van der Waals surface area contributed by atoms with E-state index in [-0.39, 0.29) is 0 Å². The summed E-state index contributed by atoms with van der Waals surface area (Å²) in [6.07, 6.45) is 0. The minimum Gasteiger partial charge on any atom is -0.456 e. The van der Waals surface area contributed by atoms with E-state index < -0.39 is 0 Å². The Labute approximate surface area is 281 Å². The van der Waals surface area contributed by atoms with Gasteiger partial charge in [0.1, 0.15) is 11.2 Å². The van der Waals surface area contributed by atoms with E-state index >= 15 is 0 Å². The molecule has 2 aromatic heterocycles. The van der Waals surface area contributed by atoms with Gasteiger partial charge in [-0.25, -0.2) is 0 Å². The molecule has 9 rings (SSSR count). The largest absolute Gasteiger partial charge is 0.456 e. The van der Waals surface area contributed by atoms with Gasteiger partial charge in [-0.1, -0.05) is 89.9 Å². The van der Waals surface area contributed by atoms with E-state index in [0.29, 0.717) is 10.0 Å². The molecule has 0 aliphatic rings. The van der Waals surface area contributed by atoms with Gasteiger partial charge in [-0.05, 0) is 96.1 Å². The molecule has 0 unspecified atom stereocenters. The van der Waals surface area contributed by atoms with Crippen LogP contribution in [0.5, 0.6) is 0 Å². The molecular formula is C42H26Cl2N2O. The van der Waals surface area contributed by atoms with E-state index in [1.54, 1.807) is 6.07 Å². The number of fused-ring (bicyclic) bond motifs is 6. The fourth-order valence-electron chi connectivity index (χ4n) is 6.78. The first kappa shape index (κ1) is 27.8. The summed E-state index contributed by atoms with van der Waals surface area (Å²) in [7, 11) is 0. The van der Waals surface area contributed by atoms with Crippen molar-refractivity contribution in [2.75, 3.05) is 4.90 Å². The summed E-state index contributed by atoms with van der Waals surface area (Å²) in [5, 5.41) is 5.75. The van der Waals surface area contributed by atoms with Gasteiger partial charge in [-0.2, -0.15) is 0 Å². The molecule has 0 N–H and O–H groups in total. The zero-order valence-corrected chi connectivity index (χ0v) is 26.6. The first-order valence-electron chi connectivity index (χ1n) is 15.5. The molecule has 0 aliphatic carbocycles. The molecule has 0 atom stereocenters. The van der Waals surface area contributed by atoms with Gasteiger partial charge in [-0.3, -0.25) is 0 Å². The lowest BCUT2D eigenvalue weighted by Crippen LogP contribution is -2.09. The van der Waals surface area contributed by atoms with Gasteiger partial charge in [0.15, 0.2) is 0 Å². The third kappa shape index (κ3) is 4.75. The SMILES string of the molecule is Clc1cc(Cl)cc(-c2ccc3oc4cc(N(c5ccccc5)c5ccc6c7ccccc7n(-c7ccccc7)c6c5)ccc4c3c2)c1. The fraction of sp³-hybridized carbons (Fsp3) is 0. The molecule has 0 bridgehead atoms. The van der Waals surface area contributed by atoms with Crippen molar-refractivity contribution < 1.29 is 4.42 Å². The molecule has 9 aromatic rings. The fourth-order valence-corrected chi connectivity index (χ4v) is 7.31. The van der Waals surface area contributed by atoms with Gasteiger partial charge in [-0.15, -0.1) is 0 Å². The summed E-state index contributed by atoms with van der Waals surface area (Å²) in [6, 6.07) is 54.7. The minimum atomic E-state index is 0.609. The van der Waals surface area contributed by atoms with Crippen LogP contribution in [0.1, 0.15) is 0 Å². The average Bonchev–Trinajstić information content (AvgIpc) is 3.63. The first-order chi connectivity index (χ1) is 23.1. The van der Waals surface area contributed by atoms with Crippen molar-refractivity contribution in [3.8, 4) is 16.8 Å². The number of anilines is 3. The lowest BCUT2D eigenvalue weighted by molar-refractivity contribution is 0.669. The zero-order chi connectivity index (χ0) is 31.5. The minimum absolute atomic E-state index is 0.609. The summed E-state index contributed by atoms with van der Waals surface area (Å²) >= 11 is 12.6. The van der Waals surface area contributed by atoms with E-state index in [4.69, 9.17) is 27.6 Å². The van der Waals surface area contributed by atoms with Crippen LogP contribution in [-0.4, -0.2) is 4.57 Å². The lowest BCUT2D eigenvalue weighted by Gasteiger charge is -2.25. The van der Waals surface area contributed by atoms with Gasteiger partial charge in [0.25, 0.3) is 0 Å². The summed E-state index contributed by atoms with van der Waals surface area (Å²) in [5.41, 5.74) is 10.2. The van der Waals surface area contributed by atoms with Gasteiger partial charge in [0.05, 0.1) is 11.0 Å². The van der Waals surface area contributed by atoms with E-state index in [2.05, 4.69) is 131 Å². The van der Waals surface area contributed by atoms with E-state index in [1.807, 2.05) is 30.3 Å². The van der Waals surface area contributed by atoms with Gasteiger partial charge in [0.2, 0.25) is 0 Å². The smallest absolute Gasteiger partial charge is 0.137 e. The topological polar surface area (TPSA) is 21.3 Å². The van der Waals surface area contributed by atoms with Crippen LogP contribution in [0.4, 0.5) is 17.1 Å². The highest BCUT2D eigenvalue weighted by atomic mass is 35.5. The summed E-state index contributed by atoms with van der Waals surface area (Å²) in [5.74, 6) is 0. The van der Waals surface area contributed by atoms with Gasteiger partial charge < -0.3 is 13.9 Å². The Morgan fingerprint density at radius 3 is 1.87 bits per heavy atom.